The lowest BCUT2D eigenvalue weighted by Gasteiger charge is -2.59. The maximum absolute atomic E-state index is 11.6. The van der Waals surface area contributed by atoms with Crippen LogP contribution < -0.4 is 0 Å². The standard InChI is InChI=1S/C36H60O13/c1-14-28(40)29(41)31(43)34(46-14)49-33-26(13-37)48-35(32(44)30(33)42)47-15-4-5-17-16-6-7-18-19-8-9-23(36(2,3)45)27(19)25(39)12-21(18)20(16)11-24(38)22(17)10-15/h14-35,37-45H,4-13H2,1-3H3/t14-,15-,16+,17-,18+,19+,20+,21+,22+,23-,24-,25-,26+,27+,28-,29+,30+,31+,32+,33+,34-,35+/m0/s1. The van der Waals surface area contributed by atoms with Crippen molar-refractivity contribution in [3.8, 4) is 0 Å². The predicted octanol–water partition coefficient (Wildman–Crippen LogP) is -0.359. The van der Waals surface area contributed by atoms with Crippen LogP contribution in [-0.2, 0) is 18.9 Å². The Morgan fingerprint density at radius 3 is 1.84 bits per heavy atom. The van der Waals surface area contributed by atoms with Crippen LogP contribution in [0.5, 0.6) is 0 Å². The summed E-state index contributed by atoms with van der Waals surface area (Å²) < 4.78 is 23.4. The SMILES string of the molecule is C[C@@H]1O[C@@H](O[C@H]2[C@H](O)[C@@H](O)[C@H](O[C@H]3CC[C@H]4[C@H]5CC[C@H]6[C@@H](C[C@H](O)[C@@H]7[C@@H]6CC[C@@H]7C(C)(C)O)[C@@H]5C[C@H](O)[C@@H]4C3)O[C@@H]2CO)[C@H](O)[C@H](O)[C@H]1O. The van der Waals surface area contributed by atoms with E-state index in [1.54, 1.807) is 0 Å². The molecule has 2 heterocycles. The molecule has 0 radical (unpaired) electrons. The second kappa shape index (κ2) is 14.0. The monoisotopic (exact) mass is 700 g/mol. The summed E-state index contributed by atoms with van der Waals surface area (Å²) in [6.07, 6.45) is -7.17. The van der Waals surface area contributed by atoms with E-state index in [0.717, 1.165) is 38.5 Å². The largest absolute Gasteiger partial charge is 0.394 e. The first-order valence-electron chi connectivity index (χ1n) is 18.9. The molecular weight excluding hydrogens is 640 g/mol. The predicted molar refractivity (Wildman–Crippen MR) is 171 cm³/mol. The van der Waals surface area contributed by atoms with Crippen LogP contribution >= 0.6 is 0 Å². The smallest absolute Gasteiger partial charge is 0.187 e. The molecule has 9 N–H and O–H groups in total. The third-order valence-corrected chi connectivity index (χ3v) is 14.4. The van der Waals surface area contributed by atoms with Gasteiger partial charge in [-0.2, -0.15) is 0 Å². The molecule has 2 aliphatic heterocycles. The minimum Gasteiger partial charge on any atom is -0.394 e. The number of aliphatic hydroxyl groups is 9. The van der Waals surface area contributed by atoms with Gasteiger partial charge in [0, 0.05) is 0 Å². The molecule has 0 aromatic rings. The van der Waals surface area contributed by atoms with Crippen LogP contribution in [0.4, 0.5) is 0 Å². The lowest BCUT2D eigenvalue weighted by molar-refractivity contribution is -0.361. The van der Waals surface area contributed by atoms with E-state index in [1.807, 2.05) is 13.8 Å². The third-order valence-electron chi connectivity index (χ3n) is 14.4. The van der Waals surface area contributed by atoms with Crippen molar-refractivity contribution in [1.82, 2.24) is 0 Å². The van der Waals surface area contributed by atoms with Crippen molar-refractivity contribution in [2.75, 3.05) is 6.61 Å². The van der Waals surface area contributed by atoms with Gasteiger partial charge in [-0.3, -0.25) is 0 Å². The molecule has 7 rings (SSSR count). The molecule has 0 spiro atoms. The Morgan fingerprint density at radius 1 is 0.592 bits per heavy atom. The van der Waals surface area contributed by atoms with Gasteiger partial charge in [0.1, 0.15) is 42.7 Å². The van der Waals surface area contributed by atoms with Crippen molar-refractivity contribution in [3.63, 3.8) is 0 Å². The van der Waals surface area contributed by atoms with Crippen molar-refractivity contribution in [2.45, 2.75) is 164 Å². The molecule has 5 aliphatic carbocycles. The molecule has 0 amide bonds. The van der Waals surface area contributed by atoms with Gasteiger partial charge in [-0.1, -0.05) is 0 Å². The van der Waals surface area contributed by atoms with Crippen LogP contribution in [0.3, 0.4) is 0 Å². The highest BCUT2D eigenvalue weighted by molar-refractivity contribution is 5.08. The van der Waals surface area contributed by atoms with Gasteiger partial charge in [0.05, 0.1) is 36.6 Å². The van der Waals surface area contributed by atoms with Crippen molar-refractivity contribution < 1.29 is 64.9 Å². The minimum atomic E-state index is -1.63. The van der Waals surface area contributed by atoms with E-state index in [9.17, 15) is 46.0 Å². The Balaban J connectivity index is 0.971. The lowest BCUT2D eigenvalue weighted by Crippen LogP contribution is -2.64. The third kappa shape index (κ3) is 6.55. The van der Waals surface area contributed by atoms with Gasteiger partial charge in [-0.15, -0.1) is 0 Å². The van der Waals surface area contributed by atoms with Gasteiger partial charge in [0.2, 0.25) is 0 Å². The number of rotatable bonds is 6. The molecule has 282 valence electrons. The zero-order valence-corrected chi connectivity index (χ0v) is 28.9. The summed E-state index contributed by atoms with van der Waals surface area (Å²) in [5.41, 5.74) is -0.799. The fraction of sp³-hybridized carbons (Fsp3) is 1.00. The second-order valence-electron chi connectivity index (χ2n) is 17.3. The van der Waals surface area contributed by atoms with E-state index in [-0.39, 0.29) is 23.9 Å². The highest BCUT2D eigenvalue weighted by atomic mass is 16.7. The molecule has 49 heavy (non-hydrogen) atoms. The average molecular weight is 701 g/mol. The Morgan fingerprint density at radius 2 is 1.16 bits per heavy atom. The number of hydrogen-bond acceptors (Lipinski definition) is 13. The minimum absolute atomic E-state index is 0.0212. The van der Waals surface area contributed by atoms with E-state index < -0.39 is 85.8 Å². The van der Waals surface area contributed by atoms with Gasteiger partial charge in [-0.05, 0) is 132 Å². The summed E-state index contributed by atoms with van der Waals surface area (Å²) in [5, 5.41) is 96.7. The molecule has 13 nitrogen and oxygen atoms in total. The molecule has 0 aromatic carbocycles. The van der Waals surface area contributed by atoms with E-state index in [2.05, 4.69) is 0 Å². The first kappa shape index (κ1) is 36.8. The van der Waals surface area contributed by atoms with Crippen LogP contribution in [0, 0.1) is 53.3 Å². The Labute approximate surface area is 288 Å². The second-order valence-corrected chi connectivity index (χ2v) is 17.3. The number of aliphatic hydroxyl groups excluding tert-OH is 8. The Bertz CT molecular complexity index is 1130. The lowest BCUT2D eigenvalue weighted by atomic mass is 9.48. The molecule has 5 saturated carbocycles. The molecule has 22 atom stereocenters. The van der Waals surface area contributed by atoms with E-state index in [4.69, 9.17) is 18.9 Å². The highest BCUT2D eigenvalue weighted by Gasteiger charge is 2.60. The molecule has 13 heteroatoms. The molecule has 0 unspecified atom stereocenters. The molecule has 7 fully saturated rings. The topological polar surface area (TPSA) is 219 Å². The fourth-order valence-corrected chi connectivity index (χ4v) is 12.1. The zero-order chi connectivity index (χ0) is 35.1. The maximum atomic E-state index is 11.6. The number of ether oxygens (including phenoxy) is 4. The summed E-state index contributed by atoms with van der Waals surface area (Å²) in [6, 6.07) is 0. The summed E-state index contributed by atoms with van der Waals surface area (Å²) in [6.45, 7) is 4.67. The van der Waals surface area contributed by atoms with Crippen LogP contribution in [0.25, 0.3) is 0 Å². The van der Waals surface area contributed by atoms with Gasteiger partial charge in [-0.25, -0.2) is 0 Å². The van der Waals surface area contributed by atoms with Gasteiger partial charge < -0.3 is 64.9 Å². The van der Waals surface area contributed by atoms with Crippen molar-refractivity contribution >= 4 is 0 Å². The first-order chi connectivity index (χ1) is 23.2. The van der Waals surface area contributed by atoms with Crippen LogP contribution in [-0.4, -0.2) is 138 Å². The Kier molecular flexibility index (Phi) is 10.5. The van der Waals surface area contributed by atoms with Crippen LogP contribution in [0.1, 0.15) is 78.6 Å². The van der Waals surface area contributed by atoms with Gasteiger partial charge in [0.25, 0.3) is 0 Å². The molecule has 0 aromatic heterocycles. The van der Waals surface area contributed by atoms with E-state index in [1.165, 1.54) is 6.92 Å². The summed E-state index contributed by atoms with van der Waals surface area (Å²) >= 11 is 0. The van der Waals surface area contributed by atoms with Crippen molar-refractivity contribution in [3.05, 3.63) is 0 Å². The normalized spacial score (nSPS) is 56.3. The summed E-state index contributed by atoms with van der Waals surface area (Å²) in [7, 11) is 0. The van der Waals surface area contributed by atoms with Gasteiger partial charge >= 0.3 is 0 Å². The van der Waals surface area contributed by atoms with E-state index in [0.29, 0.717) is 54.8 Å². The molecule has 0 bridgehead atoms. The number of fused-ring (bicyclic) bond motifs is 7. The van der Waals surface area contributed by atoms with Crippen molar-refractivity contribution in [1.29, 1.82) is 0 Å². The van der Waals surface area contributed by atoms with E-state index >= 15 is 0 Å². The van der Waals surface area contributed by atoms with Crippen molar-refractivity contribution in [2.24, 2.45) is 53.3 Å². The first-order valence-corrected chi connectivity index (χ1v) is 18.9. The van der Waals surface area contributed by atoms with Gasteiger partial charge in [0.15, 0.2) is 12.6 Å². The maximum Gasteiger partial charge on any atom is 0.187 e. The van der Waals surface area contributed by atoms with Crippen LogP contribution in [0.15, 0.2) is 0 Å². The average Bonchev–Trinajstić information content (AvgIpc) is 3.53. The summed E-state index contributed by atoms with van der Waals surface area (Å²) in [4.78, 5) is 0. The molecule has 2 saturated heterocycles. The molecular formula is C36H60O13. The quantitative estimate of drug-likeness (QED) is 0.162. The Hall–Kier alpha value is -0.520. The zero-order valence-electron chi connectivity index (χ0n) is 28.9. The number of hydrogen-bond donors (Lipinski definition) is 9. The van der Waals surface area contributed by atoms with Crippen LogP contribution in [0.2, 0.25) is 0 Å². The highest BCUT2D eigenvalue weighted by Crippen LogP contribution is 2.63. The fourth-order valence-electron chi connectivity index (χ4n) is 12.1. The summed E-state index contributed by atoms with van der Waals surface area (Å²) in [5.74, 6) is 2.80. The molecule has 7 aliphatic rings.